The molecule has 0 bridgehead atoms. The molecule has 78 valence electrons. The molecule has 0 amide bonds. The monoisotopic (exact) mass is 230 g/mol. The van der Waals surface area contributed by atoms with E-state index >= 15 is 0 Å². The maximum Gasteiger partial charge on any atom is 0.146 e. The van der Waals surface area contributed by atoms with E-state index < -0.39 is 0 Å². The van der Waals surface area contributed by atoms with Crippen LogP contribution in [-0.2, 0) is 0 Å². The Kier molecular flexibility index (Phi) is 3.04. The maximum atomic E-state index is 8.69. The molecule has 1 aromatic heterocycles. The third-order valence-corrected chi connectivity index (χ3v) is 2.22. The third-order valence-electron chi connectivity index (χ3n) is 1.91. The quantitative estimate of drug-likeness (QED) is 0.794. The van der Waals surface area contributed by atoms with Crippen LogP contribution in [0.2, 0.25) is 5.02 Å². The molecule has 0 spiro atoms. The fourth-order valence-electron chi connectivity index (χ4n) is 1.19. The van der Waals surface area contributed by atoms with Gasteiger partial charge in [0.25, 0.3) is 0 Å². The summed E-state index contributed by atoms with van der Waals surface area (Å²) < 4.78 is 5.53. The van der Waals surface area contributed by atoms with E-state index in [0.717, 1.165) is 0 Å². The van der Waals surface area contributed by atoms with Crippen molar-refractivity contribution in [2.45, 2.75) is 0 Å². The van der Waals surface area contributed by atoms with E-state index in [2.05, 4.69) is 4.98 Å². The lowest BCUT2D eigenvalue weighted by Crippen LogP contribution is -1.87. The van der Waals surface area contributed by atoms with Crippen molar-refractivity contribution in [1.82, 2.24) is 4.98 Å². The second-order valence-corrected chi connectivity index (χ2v) is 3.43. The molecule has 0 unspecified atom stereocenters. The fourth-order valence-corrected chi connectivity index (χ4v) is 1.36. The molecular formula is C12H7ClN2O. The van der Waals surface area contributed by atoms with Gasteiger partial charge >= 0.3 is 0 Å². The van der Waals surface area contributed by atoms with Gasteiger partial charge in [0.1, 0.15) is 23.3 Å². The van der Waals surface area contributed by atoms with E-state index in [1.54, 1.807) is 24.3 Å². The van der Waals surface area contributed by atoms with Crippen LogP contribution in [0.3, 0.4) is 0 Å². The highest BCUT2D eigenvalue weighted by molar-refractivity contribution is 6.32. The van der Waals surface area contributed by atoms with Gasteiger partial charge < -0.3 is 4.74 Å². The van der Waals surface area contributed by atoms with Gasteiger partial charge in [-0.15, -0.1) is 0 Å². The molecule has 0 aliphatic rings. The Morgan fingerprint density at radius 2 is 2.06 bits per heavy atom. The SMILES string of the molecule is N#Cc1cc(Oc2ccccc2Cl)ccn1. The average molecular weight is 231 g/mol. The number of ether oxygens (including phenoxy) is 1. The minimum atomic E-state index is 0.310. The molecule has 2 aromatic rings. The number of rotatable bonds is 2. The molecule has 0 atom stereocenters. The highest BCUT2D eigenvalue weighted by Gasteiger charge is 2.02. The van der Waals surface area contributed by atoms with Crippen LogP contribution < -0.4 is 4.74 Å². The Morgan fingerprint density at radius 1 is 1.25 bits per heavy atom. The highest BCUT2D eigenvalue weighted by Crippen LogP contribution is 2.28. The number of pyridine rings is 1. The summed E-state index contributed by atoms with van der Waals surface area (Å²) in [6.07, 6.45) is 1.52. The molecule has 0 saturated heterocycles. The predicted molar refractivity (Wildman–Crippen MR) is 60.5 cm³/mol. The summed E-state index contributed by atoms with van der Waals surface area (Å²) in [4.78, 5) is 3.85. The van der Waals surface area contributed by atoms with Gasteiger partial charge in [0.2, 0.25) is 0 Å². The van der Waals surface area contributed by atoms with E-state index in [4.69, 9.17) is 21.6 Å². The van der Waals surface area contributed by atoms with Crippen molar-refractivity contribution in [3.05, 3.63) is 53.3 Å². The molecule has 0 aliphatic carbocycles. The van der Waals surface area contributed by atoms with Crippen molar-refractivity contribution in [2.24, 2.45) is 0 Å². The topological polar surface area (TPSA) is 45.9 Å². The van der Waals surface area contributed by atoms with Gasteiger partial charge in [0.15, 0.2) is 0 Å². The first kappa shape index (κ1) is 10.5. The molecule has 1 heterocycles. The van der Waals surface area contributed by atoms with Gasteiger partial charge in [0.05, 0.1) is 5.02 Å². The molecule has 0 N–H and O–H groups in total. The molecule has 16 heavy (non-hydrogen) atoms. The van der Waals surface area contributed by atoms with Crippen LogP contribution in [0.5, 0.6) is 11.5 Å². The zero-order valence-corrected chi connectivity index (χ0v) is 8.98. The number of nitriles is 1. The first-order valence-corrected chi connectivity index (χ1v) is 4.96. The van der Waals surface area contributed by atoms with E-state index in [0.29, 0.717) is 22.2 Å². The van der Waals surface area contributed by atoms with Crippen LogP contribution >= 0.6 is 11.6 Å². The minimum Gasteiger partial charge on any atom is -0.456 e. The van der Waals surface area contributed by atoms with Gasteiger partial charge in [-0.1, -0.05) is 23.7 Å². The first-order valence-electron chi connectivity index (χ1n) is 4.58. The molecule has 2 rings (SSSR count). The number of benzene rings is 1. The second kappa shape index (κ2) is 4.65. The third kappa shape index (κ3) is 2.30. The van der Waals surface area contributed by atoms with Crippen LogP contribution in [0.25, 0.3) is 0 Å². The highest BCUT2D eigenvalue weighted by atomic mass is 35.5. The van der Waals surface area contributed by atoms with Crippen molar-refractivity contribution in [1.29, 1.82) is 5.26 Å². The van der Waals surface area contributed by atoms with Crippen molar-refractivity contribution < 1.29 is 4.74 Å². The summed E-state index contributed by atoms with van der Waals surface area (Å²) in [5.74, 6) is 1.10. The molecule has 0 saturated carbocycles. The summed E-state index contributed by atoms with van der Waals surface area (Å²) in [6, 6.07) is 12.3. The van der Waals surface area contributed by atoms with Crippen LogP contribution in [0.1, 0.15) is 5.69 Å². The van der Waals surface area contributed by atoms with Gasteiger partial charge in [-0.25, -0.2) is 4.98 Å². The minimum absolute atomic E-state index is 0.310. The summed E-state index contributed by atoms with van der Waals surface area (Å²) >= 11 is 5.94. The van der Waals surface area contributed by atoms with E-state index in [-0.39, 0.29) is 0 Å². The van der Waals surface area contributed by atoms with Crippen molar-refractivity contribution >= 4 is 11.6 Å². The van der Waals surface area contributed by atoms with Crippen LogP contribution in [0, 0.1) is 11.3 Å². The summed E-state index contributed by atoms with van der Waals surface area (Å²) in [5, 5.41) is 9.21. The van der Waals surface area contributed by atoms with Crippen molar-refractivity contribution in [2.75, 3.05) is 0 Å². The lowest BCUT2D eigenvalue weighted by atomic mass is 10.3. The first-order chi connectivity index (χ1) is 7.79. The number of halogens is 1. The van der Waals surface area contributed by atoms with Gasteiger partial charge in [-0.2, -0.15) is 5.26 Å². The number of para-hydroxylation sites is 1. The Bertz CT molecular complexity index is 549. The molecule has 4 heteroatoms. The summed E-state index contributed by atoms with van der Waals surface area (Å²) in [6.45, 7) is 0. The molecule has 0 radical (unpaired) electrons. The van der Waals surface area contributed by atoms with Gasteiger partial charge in [-0.3, -0.25) is 0 Å². The van der Waals surface area contributed by atoms with Gasteiger partial charge in [0, 0.05) is 12.3 Å². The predicted octanol–water partition coefficient (Wildman–Crippen LogP) is 3.40. The molecule has 0 aliphatic heterocycles. The average Bonchev–Trinajstić information content (AvgIpc) is 2.32. The molecular weight excluding hydrogens is 224 g/mol. The normalized spacial score (nSPS) is 9.50. The Hall–Kier alpha value is -2.05. The zero-order valence-electron chi connectivity index (χ0n) is 8.22. The molecule has 0 fully saturated rings. The molecule has 3 nitrogen and oxygen atoms in total. The Morgan fingerprint density at radius 3 is 2.81 bits per heavy atom. The van der Waals surface area contributed by atoms with E-state index in [1.807, 2.05) is 18.2 Å². The van der Waals surface area contributed by atoms with Crippen LogP contribution in [0.4, 0.5) is 0 Å². The van der Waals surface area contributed by atoms with E-state index in [1.165, 1.54) is 6.20 Å². The molecule has 1 aromatic carbocycles. The number of hydrogen-bond acceptors (Lipinski definition) is 3. The standard InChI is InChI=1S/C12H7ClN2O/c13-11-3-1-2-4-12(11)16-10-5-6-15-9(7-10)8-14/h1-7H. The Labute approximate surface area is 97.9 Å². The van der Waals surface area contributed by atoms with Crippen LogP contribution in [-0.4, -0.2) is 4.98 Å². The van der Waals surface area contributed by atoms with Crippen LogP contribution in [0.15, 0.2) is 42.6 Å². The largest absolute Gasteiger partial charge is 0.456 e. The maximum absolute atomic E-state index is 8.69. The summed E-state index contributed by atoms with van der Waals surface area (Å²) in [7, 11) is 0. The Balaban J connectivity index is 2.28. The number of aromatic nitrogens is 1. The lowest BCUT2D eigenvalue weighted by molar-refractivity contribution is 0.482. The number of hydrogen-bond donors (Lipinski definition) is 0. The van der Waals surface area contributed by atoms with Crippen molar-refractivity contribution in [3.63, 3.8) is 0 Å². The zero-order chi connectivity index (χ0) is 11.4. The number of nitrogens with zero attached hydrogens (tertiary/aromatic N) is 2. The second-order valence-electron chi connectivity index (χ2n) is 3.02. The lowest BCUT2D eigenvalue weighted by Gasteiger charge is -2.06. The van der Waals surface area contributed by atoms with Gasteiger partial charge in [-0.05, 0) is 18.2 Å². The van der Waals surface area contributed by atoms with Crippen molar-refractivity contribution in [3.8, 4) is 17.6 Å². The fraction of sp³-hybridized carbons (Fsp3) is 0. The summed E-state index contributed by atoms with van der Waals surface area (Å²) in [5.41, 5.74) is 0.310. The van der Waals surface area contributed by atoms with E-state index in [9.17, 15) is 0 Å². The smallest absolute Gasteiger partial charge is 0.146 e.